The molecule has 0 unspecified atom stereocenters. The first kappa shape index (κ1) is 37.2. The van der Waals surface area contributed by atoms with E-state index >= 15 is 0 Å². The lowest BCUT2D eigenvalue weighted by atomic mass is 9.60. The third-order valence-corrected chi connectivity index (χ3v) is 15.7. The average molecular weight is 838 g/mol. The molecule has 1 N–H and O–H groups in total. The van der Waals surface area contributed by atoms with Crippen LogP contribution in [0.3, 0.4) is 0 Å². The molecule has 0 saturated carbocycles. The van der Waals surface area contributed by atoms with Crippen LogP contribution >= 0.6 is 0 Å². The van der Waals surface area contributed by atoms with Crippen molar-refractivity contribution in [3.63, 3.8) is 0 Å². The summed E-state index contributed by atoms with van der Waals surface area (Å²) in [4.78, 5) is 2.53. The zero-order valence-electron chi connectivity index (χ0n) is 37.3. The molecule has 8 aromatic carbocycles. The Morgan fingerprint density at radius 2 is 1.11 bits per heavy atom. The molecule has 0 fully saturated rings. The molecule has 0 atom stereocenters. The van der Waals surface area contributed by atoms with Gasteiger partial charge in [0.15, 0.2) is 0 Å². The van der Waals surface area contributed by atoms with Gasteiger partial charge in [0.05, 0.1) is 22.4 Å². The first-order chi connectivity index (χ1) is 31.6. The highest BCUT2D eigenvalue weighted by molar-refractivity contribution is 6.73. The zero-order valence-corrected chi connectivity index (χ0v) is 37.3. The van der Waals surface area contributed by atoms with Crippen LogP contribution in [0.5, 0.6) is 0 Å². The van der Waals surface area contributed by atoms with Crippen LogP contribution in [0.1, 0.15) is 79.5 Å². The summed E-state index contributed by atoms with van der Waals surface area (Å²) in [5.41, 5.74) is 23.5. The van der Waals surface area contributed by atoms with Gasteiger partial charge in [0.1, 0.15) is 16.7 Å². The number of benzene rings is 8. The molecular formula is C60H46BN2O2. The maximum absolute atomic E-state index is 7.13. The van der Waals surface area contributed by atoms with E-state index in [-0.39, 0.29) is 10.8 Å². The molecule has 65 heavy (non-hydrogen) atoms. The molecule has 2 aliphatic carbocycles. The summed E-state index contributed by atoms with van der Waals surface area (Å²) in [6.45, 7) is 12.0. The second-order valence-electron chi connectivity index (χ2n) is 20.1. The molecule has 5 heteroatoms. The lowest BCUT2D eigenvalue weighted by Gasteiger charge is -2.43. The minimum atomic E-state index is -0.551. The first-order valence-electron chi connectivity index (χ1n) is 23.1. The van der Waals surface area contributed by atoms with Gasteiger partial charge in [0, 0.05) is 44.3 Å². The summed E-state index contributed by atoms with van der Waals surface area (Å²) in [5, 5.41) is 7.35. The maximum Gasteiger partial charge on any atom is 0.247 e. The van der Waals surface area contributed by atoms with E-state index in [0.29, 0.717) is 0 Å². The van der Waals surface area contributed by atoms with Crippen molar-refractivity contribution in [2.75, 3.05) is 10.2 Å². The molecule has 0 bridgehead atoms. The average Bonchev–Trinajstić information content (AvgIpc) is 3.98. The van der Waals surface area contributed by atoms with Gasteiger partial charge in [-0.1, -0.05) is 149 Å². The second kappa shape index (κ2) is 12.7. The molecule has 4 aliphatic rings. The number of aryl methyl sites for hydroxylation is 1. The normalized spacial score (nSPS) is 16.5. The number of hydrogen-bond donors (Lipinski definition) is 1. The Bertz CT molecular complexity index is 3670. The Kier molecular flexibility index (Phi) is 7.28. The number of para-hydroxylation sites is 4. The number of nitrogens with zero attached hydrogens (tertiary/aromatic N) is 1. The molecule has 0 amide bonds. The summed E-state index contributed by atoms with van der Waals surface area (Å²) in [6.07, 6.45) is 2.30. The van der Waals surface area contributed by atoms with Crippen LogP contribution in [0, 0.1) is 6.92 Å². The van der Waals surface area contributed by atoms with E-state index in [4.69, 9.17) is 8.83 Å². The van der Waals surface area contributed by atoms with Gasteiger partial charge in [-0.3, -0.25) is 0 Å². The lowest BCUT2D eigenvalue weighted by Crippen LogP contribution is -2.41. The van der Waals surface area contributed by atoms with Crippen molar-refractivity contribution < 1.29 is 8.83 Å². The van der Waals surface area contributed by atoms with E-state index in [2.05, 4.69) is 210 Å². The van der Waals surface area contributed by atoms with E-state index in [1.807, 2.05) is 0 Å². The standard InChI is InChI=1S/C60H46BN2O2/c1-34-31-45-46(59(4,5)30-29-58(45,2)3)33-48(34)63-49-32-40-37-19-8-14-27-50(37)64-56(40)52(53(49)61-57-55(63)38-20-9-15-28-51(38)65-57)39-21-16-25-44-54(39)62-47-26-13-12-24-43(47)60(44)41-22-10-6-17-35(41)36-18-7-11-23-42(36)60/h6-28,31-33,62H,29-30H2,1-5H3. The maximum atomic E-state index is 7.13. The summed E-state index contributed by atoms with van der Waals surface area (Å²) >= 11 is 0. The predicted molar refractivity (Wildman–Crippen MR) is 269 cm³/mol. The molecule has 2 aromatic heterocycles. The lowest BCUT2D eigenvalue weighted by molar-refractivity contribution is 0.332. The van der Waals surface area contributed by atoms with Gasteiger partial charge < -0.3 is 19.1 Å². The molecule has 0 saturated heterocycles. The fourth-order valence-corrected chi connectivity index (χ4v) is 12.5. The van der Waals surface area contributed by atoms with Crippen molar-refractivity contribution in [2.24, 2.45) is 0 Å². The third-order valence-electron chi connectivity index (χ3n) is 15.7. The number of furan rings is 2. The summed E-state index contributed by atoms with van der Waals surface area (Å²) in [6, 6.07) is 58.2. The van der Waals surface area contributed by atoms with Crippen molar-refractivity contribution in [1.29, 1.82) is 0 Å². The van der Waals surface area contributed by atoms with Crippen LogP contribution in [-0.4, -0.2) is 7.28 Å². The molecule has 10 aromatic rings. The number of fused-ring (bicyclic) bond motifs is 17. The quantitative estimate of drug-likeness (QED) is 0.176. The van der Waals surface area contributed by atoms with E-state index in [1.165, 1.54) is 55.8 Å². The fourth-order valence-electron chi connectivity index (χ4n) is 12.5. The molecule has 4 heterocycles. The minimum Gasteiger partial charge on any atom is -0.469 e. The zero-order chi connectivity index (χ0) is 43.6. The molecule has 14 rings (SSSR count). The van der Waals surface area contributed by atoms with Crippen LogP contribution < -0.4 is 21.3 Å². The molecule has 311 valence electrons. The van der Waals surface area contributed by atoms with Gasteiger partial charge in [-0.15, -0.1) is 0 Å². The monoisotopic (exact) mass is 837 g/mol. The summed E-state index contributed by atoms with van der Waals surface area (Å²) in [7, 11) is 2.29. The summed E-state index contributed by atoms with van der Waals surface area (Å²) < 4.78 is 14.1. The van der Waals surface area contributed by atoms with Crippen LogP contribution in [0.25, 0.3) is 55.2 Å². The molecule has 1 spiro atoms. The second-order valence-corrected chi connectivity index (χ2v) is 20.1. The Morgan fingerprint density at radius 3 is 1.85 bits per heavy atom. The van der Waals surface area contributed by atoms with Gasteiger partial charge in [-0.25, -0.2) is 0 Å². The van der Waals surface area contributed by atoms with Gasteiger partial charge in [-0.2, -0.15) is 0 Å². The summed E-state index contributed by atoms with van der Waals surface area (Å²) in [5.74, 6) is 0. The molecule has 1 radical (unpaired) electrons. The number of nitrogens with one attached hydrogen (secondary N) is 1. The number of hydrogen-bond acceptors (Lipinski definition) is 4. The highest BCUT2D eigenvalue weighted by Gasteiger charge is 2.51. The van der Waals surface area contributed by atoms with Crippen molar-refractivity contribution in [2.45, 2.75) is 63.7 Å². The molecule has 4 nitrogen and oxygen atoms in total. The third kappa shape index (κ3) is 4.78. The van der Waals surface area contributed by atoms with Gasteiger partial charge in [-0.05, 0) is 123 Å². The van der Waals surface area contributed by atoms with Gasteiger partial charge >= 0.3 is 0 Å². The largest absolute Gasteiger partial charge is 0.469 e. The van der Waals surface area contributed by atoms with Crippen molar-refractivity contribution in [3.05, 3.63) is 197 Å². The topological polar surface area (TPSA) is 41.6 Å². The van der Waals surface area contributed by atoms with Gasteiger partial charge in [0.25, 0.3) is 0 Å². The van der Waals surface area contributed by atoms with Crippen LogP contribution in [0.15, 0.2) is 167 Å². The Labute approximate surface area is 379 Å². The number of anilines is 5. The smallest absolute Gasteiger partial charge is 0.247 e. The molecule has 2 aliphatic heterocycles. The van der Waals surface area contributed by atoms with E-state index < -0.39 is 5.41 Å². The van der Waals surface area contributed by atoms with Crippen molar-refractivity contribution in [1.82, 2.24) is 0 Å². The highest BCUT2D eigenvalue weighted by Crippen LogP contribution is 2.62. The first-order valence-corrected chi connectivity index (χ1v) is 23.1. The Hall–Kier alpha value is -7.24. The molecular weight excluding hydrogens is 791 g/mol. The fraction of sp³-hybridized carbons (Fsp3) is 0.167. The van der Waals surface area contributed by atoms with Crippen molar-refractivity contribution in [3.8, 4) is 22.3 Å². The SMILES string of the molecule is Cc1cc2c(cc1N1c3cc4c(oc5ccccc54)c(-c4cccc5c4Nc4ccccc4C54c5ccccc5-c5ccccc54)c3[B]c3oc4ccccc4c31)C(C)(C)CCC2(C)C. The van der Waals surface area contributed by atoms with Gasteiger partial charge in [0.2, 0.25) is 7.28 Å². The minimum absolute atomic E-state index is 0.0215. The van der Waals surface area contributed by atoms with Crippen LogP contribution in [0.4, 0.5) is 28.4 Å². The van der Waals surface area contributed by atoms with Crippen LogP contribution in [0.2, 0.25) is 0 Å². The Morgan fingerprint density at radius 1 is 0.523 bits per heavy atom. The van der Waals surface area contributed by atoms with E-state index in [0.717, 1.165) is 90.7 Å². The highest BCUT2D eigenvalue weighted by atomic mass is 16.3. The van der Waals surface area contributed by atoms with E-state index in [1.54, 1.807) is 0 Å². The van der Waals surface area contributed by atoms with Crippen molar-refractivity contribution >= 4 is 79.7 Å². The predicted octanol–water partition coefficient (Wildman–Crippen LogP) is 14.5. The number of rotatable bonds is 2. The van der Waals surface area contributed by atoms with E-state index in [9.17, 15) is 0 Å². The van der Waals surface area contributed by atoms with Crippen LogP contribution in [-0.2, 0) is 16.2 Å². The Balaban J connectivity index is 1.12.